The van der Waals surface area contributed by atoms with E-state index in [-0.39, 0.29) is 12.5 Å². The minimum absolute atomic E-state index is 0.0801. The van der Waals surface area contributed by atoms with Crippen molar-refractivity contribution in [1.29, 1.82) is 0 Å². The van der Waals surface area contributed by atoms with Gasteiger partial charge in [-0.15, -0.1) is 0 Å². The Morgan fingerprint density at radius 2 is 2.00 bits per heavy atom. The zero-order valence-electron chi connectivity index (χ0n) is 11.6. The number of nitrogens with one attached hydrogen (secondary N) is 1. The summed E-state index contributed by atoms with van der Waals surface area (Å²) in [4.78, 5) is 20.2. The van der Waals surface area contributed by atoms with Gasteiger partial charge in [0, 0.05) is 13.7 Å². The standard InChI is InChI=1S/C11H24NO5PS/c1-3-19-10-11(13)12-8-6-4-5-7-9-17-18(14,15)16-2/h3-10H2,1-2H3,(H,12,13)(H,14,15). The summed E-state index contributed by atoms with van der Waals surface area (Å²) in [6.07, 6.45) is 3.45. The fraction of sp³-hybridized carbons (Fsp3) is 0.909. The van der Waals surface area contributed by atoms with Gasteiger partial charge in [0.05, 0.1) is 12.4 Å². The molecule has 0 fully saturated rings. The highest BCUT2D eigenvalue weighted by Crippen LogP contribution is 2.41. The molecule has 1 unspecified atom stereocenters. The number of unbranched alkanes of at least 4 members (excludes halogenated alkanes) is 3. The molecule has 0 radical (unpaired) electrons. The molecule has 0 saturated carbocycles. The van der Waals surface area contributed by atoms with Gasteiger partial charge < -0.3 is 10.2 Å². The van der Waals surface area contributed by atoms with E-state index in [2.05, 4.69) is 14.4 Å². The van der Waals surface area contributed by atoms with E-state index < -0.39 is 7.82 Å². The van der Waals surface area contributed by atoms with Gasteiger partial charge in [-0.3, -0.25) is 13.8 Å². The zero-order chi connectivity index (χ0) is 14.6. The molecule has 0 rings (SSSR count). The second-order valence-corrected chi connectivity index (χ2v) is 6.72. The van der Waals surface area contributed by atoms with E-state index in [0.29, 0.717) is 18.7 Å². The largest absolute Gasteiger partial charge is 0.471 e. The summed E-state index contributed by atoms with van der Waals surface area (Å²) in [7, 11) is -2.68. The summed E-state index contributed by atoms with van der Waals surface area (Å²) in [5.41, 5.74) is 0. The first kappa shape index (κ1) is 18.9. The second-order valence-electron chi connectivity index (χ2n) is 3.89. The van der Waals surface area contributed by atoms with Gasteiger partial charge in [-0.25, -0.2) is 4.57 Å². The predicted molar refractivity (Wildman–Crippen MR) is 77.3 cm³/mol. The molecule has 0 aliphatic rings. The Kier molecular flexibility index (Phi) is 11.7. The summed E-state index contributed by atoms with van der Waals surface area (Å²) in [6.45, 7) is 2.91. The van der Waals surface area contributed by atoms with E-state index in [0.717, 1.165) is 32.1 Å². The van der Waals surface area contributed by atoms with Crippen LogP contribution in [0.1, 0.15) is 32.6 Å². The van der Waals surface area contributed by atoms with Gasteiger partial charge in [-0.05, 0) is 18.6 Å². The summed E-state index contributed by atoms with van der Waals surface area (Å²) in [6, 6.07) is 0. The molecule has 1 amide bonds. The van der Waals surface area contributed by atoms with Gasteiger partial charge in [0.1, 0.15) is 0 Å². The number of hydrogen-bond acceptors (Lipinski definition) is 5. The minimum Gasteiger partial charge on any atom is -0.355 e. The van der Waals surface area contributed by atoms with Crippen molar-refractivity contribution >= 4 is 25.5 Å². The number of amides is 1. The predicted octanol–water partition coefficient (Wildman–Crippen LogP) is 2.18. The number of thioether (sulfide) groups is 1. The minimum atomic E-state index is -3.82. The van der Waals surface area contributed by atoms with Gasteiger partial charge in [0.25, 0.3) is 0 Å². The molecule has 0 aliphatic carbocycles. The molecule has 0 spiro atoms. The maximum Gasteiger partial charge on any atom is 0.471 e. The average Bonchev–Trinajstić information content (AvgIpc) is 2.39. The maximum atomic E-state index is 11.3. The molecule has 0 aromatic rings. The Labute approximate surface area is 119 Å². The Hall–Kier alpha value is -0.0700. The van der Waals surface area contributed by atoms with E-state index in [4.69, 9.17) is 4.89 Å². The highest BCUT2D eigenvalue weighted by Gasteiger charge is 2.17. The Balaban J connectivity index is 3.28. The van der Waals surface area contributed by atoms with Gasteiger partial charge in [-0.2, -0.15) is 11.8 Å². The first-order valence-corrected chi connectivity index (χ1v) is 9.04. The number of rotatable bonds is 12. The van der Waals surface area contributed by atoms with E-state index >= 15 is 0 Å². The lowest BCUT2D eigenvalue weighted by atomic mass is 10.2. The van der Waals surface area contributed by atoms with Crippen molar-refractivity contribution in [3.8, 4) is 0 Å². The molecule has 0 bridgehead atoms. The zero-order valence-corrected chi connectivity index (χ0v) is 13.3. The third-order valence-electron chi connectivity index (χ3n) is 2.32. The summed E-state index contributed by atoms with van der Waals surface area (Å²) >= 11 is 1.60. The van der Waals surface area contributed by atoms with E-state index in [1.54, 1.807) is 11.8 Å². The third-order valence-corrected chi connectivity index (χ3v) is 4.16. The molecule has 6 nitrogen and oxygen atoms in total. The molecule has 114 valence electrons. The molecule has 19 heavy (non-hydrogen) atoms. The monoisotopic (exact) mass is 313 g/mol. The van der Waals surface area contributed by atoms with Crippen LogP contribution in [0.25, 0.3) is 0 Å². The molecule has 0 aromatic heterocycles. The number of hydrogen-bond donors (Lipinski definition) is 2. The smallest absolute Gasteiger partial charge is 0.355 e. The van der Waals surface area contributed by atoms with Gasteiger partial charge in [0.2, 0.25) is 5.91 Å². The fourth-order valence-corrected chi connectivity index (χ4v) is 2.24. The van der Waals surface area contributed by atoms with Gasteiger partial charge in [-0.1, -0.05) is 19.8 Å². The molecule has 0 aliphatic heterocycles. The van der Waals surface area contributed by atoms with E-state index in [1.165, 1.54) is 0 Å². The number of phosphoric ester groups is 1. The number of carbonyl (C=O) groups is 1. The lowest BCUT2D eigenvalue weighted by Gasteiger charge is -2.08. The van der Waals surface area contributed by atoms with Crippen molar-refractivity contribution in [1.82, 2.24) is 5.32 Å². The molecule has 2 N–H and O–H groups in total. The van der Waals surface area contributed by atoms with Crippen LogP contribution in [0.2, 0.25) is 0 Å². The Morgan fingerprint density at radius 1 is 1.32 bits per heavy atom. The number of carbonyl (C=O) groups excluding carboxylic acids is 1. The summed E-state index contributed by atoms with van der Waals surface area (Å²) < 4.78 is 19.9. The van der Waals surface area contributed by atoms with Crippen molar-refractivity contribution in [3.63, 3.8) is 0 Å². The highest BCUT2D eigenvalue weighted by molar-refractivity contribution is 7.99. The van der Waals surface area contributed by atoms with Crippen molar-refractivity contribution in [2.24, 2.45) is 0 Å². The van der Waals surface area contributed by atoms with E-state index in [1.807, 2.05) is 6.92 Å². The summed E-state index contributed by atoms with van der Waals surface area (Å²) in [5, 5.41) is 2.85. The normalized spacial score (nSPS) is 14.1. The lowest BCUT2D eigenvalue weighted by molar-refractivity contribution is -0.118. The van der Waals surface area contributed by atoms with Crippen LogP contribution >= 0.6 is 19.6 Å². The molecule has 0 aromatic carbocycles. The SMILES string of the molecule is CCSCC(=O)NCCCCCCOP(=O)(O)OC. The van der Waals surface area contributed by atoms with Crippen LogP contribution < -0.4 is 5.32 Å². The van der Waals surface area contributed by atoms with Crippen LogP contribution in [0.3, 0.4) is 0 Å². The topological polar surface area (TPSA) is 84.9 Å². The molecular weight excluding hydrogens is 289 g/mol. The second kappa shape index (κ2) is 11.7. The van der Waals surface area contributed by atoms with Crippen LogP contribution in [-0.2, 0) is 18.4 Å². The van der Waals surface area contributed by atoms with Crippen molar-refractivity contribution in [2.45, 2.75) is 32.6 Å². The van der Waals surface area contributed by atoms with E-state index in [9.17, 15) is 9.36 Å². The first-order chi connectivity index (χ1) is 9.02. The molecular formula is C11H24NO5PS. The van der Waals surface area contributed by atoms with Crippen molar-refractivity contribution < 1.29 is 23.3 Å². The molecule has 0 saturated heterocycles. The van der Waals surface area contributed by atoms with Crippen LogP contribution in [0.5, 0.6) is 0 Å². The van der Waals surface area contributed by atoms with Gasteiger partial charge >= 0.3 is 7.82 Å². The quantitative estimate of drug-likeness (QED) is 0.424. The fourth-order valence-electron chi connectivity index (χ4n) is 1.29. The van der Waals surface area contributed by atoms with Crippen LogP contribution in [-0.4, -0.2) is 42.6 Å². The summed E-state index contributed by atoms with van der Waals surface area (Å²) in [5.74, 6) is 1.55. The maximum absolute atomic E-state index is 11.3. The highest BCUT2D eigenvalue weighted by atomic mass is 32.2. The lowest BCUT2D eigenvalue weighted by Crippen LogP contribution is -2.26. The van der Waals surface area contributed by atoms with Crippen LogP contribution in [0.15, 0.2) is 0 Å². The molecule has 1 atom stereocenters. The Morgan fingerprint density at radius 3 is 2.63 bits per heavy atom. The first-order valence-electron chi connectivity index (χ1n) is 6.39. The average molecular weight is 313 g/mol. The van der Waals surface area contributed by atoms with Gasteiger partial charge in [0.15, 0.2) is 0 Å². The van der Waals surface area contributed by atoms with Crippen molar-refractivity contribution in [3.05, 3.63) is 0 Å². The third kappa shape index (κ3) is 12.7. The molecule has 0 heterocycles. The van der Waals surface area contributed by atoms with Crippen molar-refractivity contribution in [2.75, 3.05) is 31.8 Å². The Bertz CT molecular complexity index is 290. The van der Waals surface area contributed by atoms with Crippen LogP contribution in [0, 0.1) is 0 Å². The number of phosphoric acid groups is 1. The molecule has 8 heteroatoms. The van der Waals surface area contributed by atoms with Crippen LogP contribution in [0.4, 0.5) is 0 Å².